The Bertz CT molecular complexity index is 447. The number of aromatic nitrogens is 4. The molecule has 0 atom stereocenters. The van der Waals surface area contributed by atoms with E-state index in [9.17, 15) is 0 Å². The quantitative estimate of drug-likeness (QED) is 0.765. The molecule has 2 aromatic rings. The molecule has 0 unspecified atom stereocenters. The maximum absolute atomic E-state index is 5.33. The van der Waals surface area contributed by atoms with Crippen LogP contribution in [0.1, 0.15) is 5.56 Å². The van der Waals surface area contributed by atoms with Crippen LogP contribution in [0, 0.1) is 0 Å². The number of hydrogen-bond donors (Lipinski definition) is 1. The van der Waals surface area contributed by atoms with E-state index in [4.69, 9.17) is 10.2 Å². The Balaban J connectivity index is 2.06. The summed E-state index contributed by atoms with van der Waals surface area (Å²) in [6, 6.07) is 0.472. The van der Waals surface area contributed by atoms with Crippen molar-refractivity contribution in [1.29, 1.82) is 0 Å². The van der Waals surface area contributed by atoms with Crippen molar-refractivity contribution in [2.75, 3.05) is 17.7 Å². The molecule has 0 amide bonds. The van der Waals surface area contributed by atoms with Gasteiger partial charge in [0.25, 0.3) is 0 Å². The zero-order chi connectivity index (χ0) is 10.8. The Hall–Kier alpha value is -2.05. The molecule has 0 aromatic carbocycles. The molecule has 7 heteroatoms. The Kier molecular flexibility index (Phi) is 2.28. The normalized spacial score (nSPS) is 10.5. The topological polar surface area (TPSA) is 86.0 Å². The average Bonchev–Trinajstić information content (AvgIpc) is 2.75. The molecule has 80 valence electrons. The molecule has 0 saturated carbocycles. The van der Waals surface area contributed by atoms with Crippen molar-refractivity contribution in [3.05, 3.63) is 18.0 Å². The summed E-state index contributed by atoms with van der Waals surface area (Å²) in [6.45, 7) is 0.648. The van der Waals surface area contributed by atoms with Crippen LogP contribution in [0.2, 0.25) is 0 Å². The second kappa shape index (κ2) is 3.60. The lowest BCUT2D eigenvalue weighted by atomic mass is 10.3. The molecule has 0 saturated heterocycles. The molecule has 0 aliphatic rings. The Morgan fingerprint density at radius 1 is 1.53 bits per heavy atom. The molecular formula is C8H12N6O. The van der Waals surface area contributed by atoms with Crippen LogP contribution in [-0.4, -0.2) is 27.0 Å². The lowest BCUT2D eigenvalue weighted by molar-refractivity contribution is 0.559. The van der Waals surface area contributed by atoms with E-state index in [0.717, 1.165) is 5.56 Å². The van der Waals surface area contributed by atoms with Crippen LogP contribution < -0.4 is 10.6 Å². The van der Waals surface area contributed by atoms with Crippen molar-refractivity contribution >= 4 is 12.0 Å². The number of hydrogen-bond acceptors (Lipinski definition) is 6. The lowest BCUT2D eigenvalue weighted by Crippen LogP contribution is -2.16. The van der Waals surface area contributed by atoms with Gasteiger partial charge in [0.2, 0.25) is 0 Å². The predicted molar refractivity (Wildman–Crippen MR) is 54.0 cm³/mol. The SMILES string of the molecule is CN(Cc1cnn(C)c1)c1nnc(N)o1. The molecule has 0 aliphatic heterocycles. The first-order chi connectivity index (χ1) is 7.15. The van der Waals surface area contributed by atoms with Crippen LogP contribution in [0.5, 0.6) is 0 Å². The van der Waals surface area contributed by atoms with Gasteiger partial charge in [0.05, 0.1) is 12.7 Å². The highest BCUT2D eigenvalue weighted by molar-refractivity contribution is 5.27. The van der Waals surface area contributed by atoms with Gasteiger partial charge >= 0.3 is 12.0 Å². The summed E-state index contributed by atoms with van der Waals surface area (Å²) < 4.78 is 6.82. The van der Waals surface area contributed by atoms with Gasteiger partial charge in [-0.05, 0) is 0 Å². The summed E-state index contributed by atoms with van der Waals surface area (Å²) in [5.74, 6) is 0. The minimum Gasteiger partial charge on any atom is -0.390 e. The molecule has 2 aromatic heterocycles. The molecule has 0 aliphatic carbocycles. The van der Waals surface area contributed by atoms with Crippen LogP contribution >= 0.6 is 0 Å². The second-order valence-corrected chi connectivity index (χ2v) is 3.30. The number of nitrogens with zero attached hydrogens (tertiary/aromatic N) is 5. The maximum Gasteiger partial charge on any atom is 0.319 e. The number of rotatable bonds is 3. The third-order valence-corrected chi connectivity index (χ3v) is 1.93. The fourth-order valence-electron chi connectivity index (χ4n) is 1.28. The van der Waals surface area contributed by atoms with Gasteiger partial charge in [0.15, 0.2) is 0 Å². The van der Waals surface area contributed by atoms with Gasteiger partial charge in [-0.1, -0.05) is 10.2 Å². The molecule has 2 N–H and O–H groups in total. The van der Waals surface area contributed by atoms with Crippen LogP contribution in [0.3, 0.4) is 0 Å². The first-order valence-electron chi connectivity index (χ1n) is 4.43. The summed E-state index contributed by atoms with van der Waals surface area (Å²) in [5.41, 5.74) is 6.40. The molecular weight excluding hydrogens is 196 g/mol. The zero-order valence-corrected chi connectivity index (χ0v) is 8.58. The Morgan fingerprint density at radius 2 is 2.33 bits per heavy atom. The van der Waals surface area contributed by atoms with Crippen LogP contribution in [0.15, 0.2) is 16.8 Å². The van der Waals surface area contributed by atoms with E-state index in [0.29, 0.717) is 12.6 Å². The van der Waals surface area contributed by atoms with E-state index in [1.54, 1.807) is 15.8 Å². The van der Waals surface area contributed by atoms with E-state index < -0.39 is 0 Å². The van der Waals surface area contributed by atoms with E-state index in [1.165, 1.54) is 0 Å². The smallest absolute Gasteiger partial charge is 0.319 e. The van der Waals surface area contributed by atoms with Crippen LogP contribution in [0.25, 0.3) is 0 Å². The summed E-state index contributed by atoms with van der Waals surface area (Å²) in [6.07, 6.45) is 3.71. The summed E-state index contributed by atoms with van der Waals surface area (Å²) >= 11 is 0. The molecule has 0 radical (unpaired) electrons. The van der Waals surface area contributed by atoms with Gasteiger partial charge in [-0.15, -0.1) is 0 Å². The van der Waals surface area contributed by atoms with Crippen molar-refractivity contribution in [3.8, 4) is 0 Å². The molecule has 0 bridgehead atoms. The number of aryl methyl sites for hydroxylation is 1. The van der Waals surface area contributed by atoms with Gasteiger partial charge in [0.1, 0.15) is 0 Å². The zero-order valence-electron chi connectivity index (χ0n) is 8.58. The van der Waals surface area contributed by atoms with Gasteiger partial charge in [-0.2, -0.15) is 5.10 Å². The largest absolute Gasteiger partial charge is 0.390 e. The molecule has 0 fully saturated rings. The highest BCUT2D eigenvalue weighted by atomic mass is 16.4. The molecule has 0 spiro atoms. The van der Waals surface area contributed by atoms with Crippen molar-refractivity contribution in [2.24, 2.45) is 7.05 Å². The molecule has 2 rings (SSSR count). The van der Waals surface area contributed by atoms with E-state index in [1.807, 2.05) is 20.3 Å². The first-order valence-corrected chi connectivity index (χ1v) is 4.43. The van der Waals surface area contributed by atoms with E-state index in [2.05, 4.69) is 15.3 Å². The standard InChI is InChI=1S/C8H12N6O/c1-13(8-12-11-7(9)15-8)4-6-3-10-14(2)5-6/h3,5H,4H2,1-2H3,(H2,9,11). The number of nitrogens with two attached hydrogens (primary N) is 1. The molecule has 2 heterocycles. The van der Waals surface area contributed by atoms with Crippen molar-refractivity contribution < 1.29 is 4.42 Å². The fourth-order valence-corrected chi connectivity index (χ4v) is 1.28. The van der Waals surface area contributed by atoms with Crippen molar-refractivity contribution in [1.82, 2.24) is 20.0 Å². The second-order valence-electron chi connectivity index (χ2n) is 3.30. The highest BCUT2D eigenvalue weighted by Gasteiger charge is 2.09. The van der Waals surface area contributed by atoms with Crippen LogP contribution in [-0.2, 0) is 13.6 Å². The Morgan fingerprint density at radius 3 is 2.87 bits per heavy atom. The highest BCUT2D eigenvalue weighted by Crippen LogP contribution is 2.13. The maximum atomic E-state index is 5.33. The summed E-state index contributed by atoms with van der Waals surface area (Å²) in [4.78, 5) is 1.81. The number of anilines is 2. The summed E-state index contributed by atoms with van der Waals surface area (Å²) in [7, 11) is 3.72. The van der Waals surface area contributed by atoms with Gasteiger partial charge in [-0.3, -0.25) is 4.68 Å². The third-order valence-electron chi connectivity index (χ3n) is 1.93. The number of nitrogen functional groups attached to an aromatic ring is 1. The van der Waals surface area contributed by atoms with Gasteiger partial charge < -0.3 is 15.1 Å². The minimum absolute atomic E-state index is 0.0723. The van der Waals surface area contributed by atoms with Crippen molar-refractivity contribution in [2.45, 2.75) is 6.54 Å². The molecule has 7 nitrogen and oxygen atoms in total. The average molecular weight is 208 g/mol. The monoisotopic (exact) mass is 208 g/mol. The van der Waals surface area contributed by atoms with Gasteiger partial charge in [-0.25, -0.2) is 0 Å². The van der Waals surface area contributed by atoms with Crippen LogP contribution in [0.4, 0.5) is 12.0 Å². The Labute approximate surface area is 86.5 Å². The summed E-state index contributed by atoms with van der Waals surface area (Å²) in [5, 5.41) is 11.4. The predicted octanol–water partition coefficient (Wildman–Crippen LogP) is 0.0217. The van der Waals surface area contributed by atoms with E-state index >= 15 is 0 Å². The van der Waals surface area contributed by atoms with E-state index in [-0.39, 0.29) is 6.01 Å². The molecule has 15 heavy (non-hydrogen) atoms. The minimum atomic E-state index is 0.0723. The third kappa shape index (κ3) is 2.06. The fraction of sp³-hybridized carbons (Fsp3) is 0.375. The first kappa shape index (κ1) is 9.50. The van der Waals surface area contributed by atoms with Gasteiger partial charge in [0, 0.05) is 25.9 Å². The lowest BCUT2D eigenvalue weighted by Gasteiger charge is -2.11. The van der Waals surface area contributed by atoms with Crippen molar-refractivity contribution in [3.63, 3.8) is 0 Å².